The number of rotatable bonds is 4. The maximum absolute atomic E-state index is 6.22. The Morgan fingerprint density at radius 3 is 2.78 bits per heavy atom. The molecule has 2 rings (SSSR count). The lowest BCUT2D eigenvalue weighted by Gasteiger charge is -2.17. The van der Waals surface area contributed by atoms with Crippen LogP contribution in [0.1, 0.15) is 36.7 Å². The number of imidazole rings is 1. The summed E-state index contributed by atoms with van der Waals surface area (Å²) in [5.74, 6) is 0.845. The number of aromatic nitrogens is 3. The number of alkyl halides is 1. The highest BCUT2D eigenvalue weighted by molar-refractivity contribution is 6.20. The zero-order chi connectivity index (χ0) is 13.3. The molecule has 2 atom stereocenters. The molecular formula is C13H18ClN3O. The van der Waals surface area contributed by atoms with Crippen LogP contribution in [-0.2, 0) is 4.74 Å². The van der Waals surface area contributed by atoms with Crippen molar-refractivity contribution in [1.29, 1.82) is 0 Å². The van der Waals surface area contributed by atoms with E-state index in [1.807, 2.05) is 19.9 Å². The van der Waals surface area contributed by atoms with Gasteiger partial charge in [-0.2, -0.15) is 0 Å². The number of aryl methyl sites for hydroxylation is 1. The monoisotopic (exact) mass is 267 g/mol. The molecular weight excluding hydrogens is 250 g/mol. The normalized spacial score (nSPS) is 14.9. The van der Waals surface area contributed by atoms with Crippen LogP contribution in [0.25, 0.3) is 11.2 Å². The molecule has 0 spiro atoms. The molecule has 0 aliphatic rings. The molecule has 98 valence electrons. The molecule has 0 aliphatic carbocycles. The summed E-state index contributed by atoms with van der Waals surface area (Å²) in [4.78, 5) is 9.06. The van der Waals surface area contributed by atoms with E-state index in [-0.39, 0.29) is 11.4 Å². The second kappa shape index (κ2) is 5.24. The first-order chi connectivity index (χ1) is 8.56. The standard InChI is InChI=1S/C13H18ClN3O/c1-8-5-6-15-13-11(8)16-12(10(3)14)17(13)9(2)7-18-4/h5-6,9-10H,7H2,1-4H3. The number of ether oxygens (including phenoxy) is 1. The van der Waals surface area contributed by atoms with E-state index in [2.05, 4.69) is 21.5 Å². The molecule has 0 bridgehead atoms. The molecule has 2 aromatic heterocycles. The Hall–Kier alpha value is -1.13. The van der Waals surface area contributed by atoms with E-state index in [0.29, 0.717) is 6.61 Å². The molecule has 0 N–H and O–H groups in total. The molecule has 5 heteroatoms. The van der Waals surface area contributed by atoms with Gasteiger partial charge >= 0.3 is 0 Å². The first-order valence-corrected chi connectivity index (χ1v) is 6.46. The zero-order valence-electron chi connectivity index (χ0n) is 11.1. The fraction of sp³-hybridized carbons (Fsp3) is 0.538. The van der Waals surface area contributed by atoms with Crippen LogP contribution in [0.15, 0.2) is 12.3 Å². The third-order valence-corrected chi connectivity index (χ3v) is 3.21. The van der Waals surface area contributed by atoms with E-state index in [1.165, 1.54) is 0 Å². The first kappa shape index (κ1) is 13.3. The Bertz CT molecular complexity index is 550. The number of methoxy groups -OCH3 is 1. The summed E-state index contributed by atoms with van der Waals surface area (Å²) in [5, 5.41) is -0.155. The van der Waals surface area contributed by atoms with E-state index in [0.717, 1.165) is 22.6 Å². The summed E-state index contributed by atoms with van der Waals surface area (Å²) in [5.41, 5.74) is 2.91. The number of hydrogen-bond donors (Lipinski definition) is 0. The molecule has 0 radical (unpaired) electrons. The lowest BCUT2D eigenvalue weighted by molar-refractivity contribution is 0.162. The summed E-state index contributed by atoms with van der Waals surface area (Å²) in [6, 6.07) is 2.12. The van der Waals surface area contributed by atoms with Crippen molar-refractivity contribution in [2.45, 2.75) is 32.2 Å². The van der Waals surface area contributed by atoms with Gasteiger partial charge in [0.25, 0.3) is 0 Å². The van der Waals surface area contributed by atoms with Gasteiger partial charge in [-0.25, -0.2) is 9.97 Å². The number of nitrogens with zero attached hydrogens (tertiary/aromatic N) is 3. The van der Waals surface area contributed by atoms with Gasteiger partial charge in [0, 0.05) is 13.3 Å². The molecule has 0 saturated heterocycles. The van der Waals surface area contributed by atoms with Crippen molar-refractivity contribution >= 4 is 22.8 Å². The van der Waals surface area contributed by atoms with Crippen LogP contribution < -0.4 is 0 Å². The van der Waals surface area contributed by atoms with Crippen molar-refractivity contribution in [3.8, 4) is 0 Å². The highest BCUT2D eigenvalue weighted by Crippen LogP contribution is 2.28. The van der Waals surface area contributed by atoms with Crippen LogP contribution in [0.3, 0.4) is 0 Å². The van der Waals surface area contributed by atoms with Gasteiger partial charge in [-0.15, -0.1) is 11.6 Å². The van der Waals surface area contributed by atoms with Crippen molar-refractivity contribution in [2.75, 3.05) is 13.7 Å². The van der Waals surface area contributed by atoms with Crippen molar-refractivity contribution in [2.24, 2.45) is 0 Å². The van der Waals surface area contributed by atoms with Gasteiger partial charge in [-0.05, 0) is 32.4 Å². The third-order valence-electron chi connectivity index (χ3n) is 3.01. The van der Waals surface area contributed by atoms with E-state index >= 15 is 0 Å². The lowest BCUT2D eigenvalue weighted by Crippen LogP contribution is -2.15. The Balaban J connectivity index is 2.66. The number of fused-ring (bicyclic) bond motifs is 1. The van der Waals surface area contributed by atoms with Gasteiger partial charge in [-0.3, -0.25) is 0 Å². The smallest absolute Gasteiger partial charge is 0.160 e. The lowest BCUT2D eigenvalue weighted by atomic mass is 10.2. The van der Waals surface area contributed by atoms with Gasteiger partial charge in [-0.1, -0.05) is 0 Å². The quantitative estimate of drug-likeness (QED) is 0.799. The van der Waals surface area contributed by atoms with Crippen molar-refractivity contribution in [1.82, 2.24) is 14.5 Å². The molecule has 2 heterocycles. The molecule has 0 aliphatic heterocycles. The second-order valence-electron chi connectivity index (χ2n) is 4.56. The average molecular weight is 268 g/mol. The van der Waals surface area contributed by atoms with Gasteiger partial charge in [0.05, 0.1) is 18.0 Å². The molecule has 0 saturated carbocycles. The predicted molar refractivity (Wildman–Crippen MR) is 73.1 cm³/mol. The summed E-state index contributed by atoms with van der Waals surface area (Å²) < 4.78 is 7.29. The highest BCUT2D eigenvalue weighted by Gasteiger charge is 2.20. The zero-order valence-corrected chi connectivity index (χ0v) is 11.9. The summed E-state index contributed by atoms with van der Waals surface area (Å²) in [6.45, 7) is 6.65. The molecule has 18 heavy (non-hydrogen) atoms. The predicted octanol–water partition coefficient (Wildman–Crippen LogP) is 3.25. The van der Waals surface area contributed by atoms with Crippen molar-refractivity contribution in [3.63, 3.8) is 0 Å². The van der Waals surface area contributed by atoms with Crippen LogP contribution in [0.4, 0.5) is 0 Å². The van der Waals surface area contributed by atoms with Gasteiger partial charge < -0.3 is 9.30 Å². The number of hydrogen-bond acceptors (Lipinski definition) is 3. The highest BCUT2D eigenvalue weighted by atomic mass is 35.5. The summed E-state index contributed by atoms with van der Waals surface area (Å²) >= 11 is 6.22. The van der Waals surface area contributed by atoms with Gasteiger partial charge in [0.15, 0.2) is 5.65 Å². The first-order valence-electron chi connectivity index (χ1n) is 6.02. The number of pyridine rings is 1. The van der Waals surface area contributed by atoms with E-state index in [9.17, 15) is 0 Å². The van der Waals surface area contributed by atoms with Crippen LogP contribution in [0.5, 0.6) is 0 Å². The summed E-state index contributed by atoms with van der Waals surface area (Å²) in [7, 11) is 1.69. The second-order valence-corrected chi connectivity index (χ2v) is 5.22. The van der Waals surface area contributed by atoms with E-state index < -0.39 is 0 Å². The third kappa shape index (κ3) is 2.22. The fourth-order valence-electron chi connectivity index (χ4n) is 2.16. The van der Waals surface area contributed by atoms with Gasteiger partial charge in [0.2, 0.25) is 0 Å². The van der Waals surface area contributed by atoms with Crippen molar-refractivity contribution < 1.29 is 4.74 Å². The van der Waals surface area contributed by atoms with E-state index in [1.54, 1.807) is 13.3 Å². The minimum absolute atomic E-state index is 0.155. The van der Waals surface area contributed by atoms with Crippen LogP contribution in [0.2, 0.25) is 0 Å². The Kier molecular flexibility index (Phi) is 3.88. The average Bonchev–Trinajstić information content (AvgIpc) is 2.70. The van der Waals surface area contributed by atoms with Crippen LogP contribution in [-0.4, -0.2) is 28.3 Å². The summed E-state index contributed by atoms with van der Waals surface area (Å²) in [6.07, 6.45) is 1.80. The topological polar surface area (TPSA) is 39.9 Å². The Labute approximate surface area is 112 Å². The van der Waals surface area contributed by atoms with E-state index in [4.69, 9.17) is 16.3 Å². The minimum Gasteiger partial charge on any atom is -0.383 e. The Morgan fingerprint density at radius 1 is 1.44 bits per heavy atom. The molecule has 2 unspecified atom stereocenters. The molecule has 2 aromatic rings. The molecule has 4 nitrogen and oxygen atoms in total. The fourth-order valence-corrected chi connectivity index (χ4v) is 2.31. The number of halogens is 1. The van der Waals surface area contributed by atoms with Gasteiger partial charge in [0.1, 0.15) is 11.3 Å². The maximum atomic E-state index is 6.22. The van der Waals surface area contributed by atoms with Crippen molar-refractivity contribution in [3.05, 3.63) is 23.7 Å². The largest absolute Gasteiger partial charge is 0.383 e. The molecule has 0 amide bonds. The molecule has 0 fully saturated rings. The minimum atomic E-state index is -0.155. The maximum Gasteiger partial charge on any atom is 0.160 e. The van der Waals surface area contributed by atoms with Crippen LogP contribution >= 0.6 is 11.6 Å². The Morgan fingerprint density at radius 2 is 2.17 bits per heavy atom. The van der Waals surface area contributed by atoms with Crippen LogP contribution in [0, 0.1) is 6.92 Å². The molecule has 0 aromatic carbocycles. The SMILES string of the molecule is COCC(C)n1c(C(C)Cl)nc2c(C)ccnc21.